The van der Waals surface area contributed by atoms with Gasteiger partial charge >= 0.3 is 0 Å². The Morgan fingerprint density at radius 2 is 1.77 bits per heavy atom. The van der Waals surface area contributed by atoms with Crippen molar-refractivity contribution in [3.63, 3.8) is 0 Å². The van der Waals surface area contributed by atoms with E-state index in [0.717, 1.165) is 48.3 Å². The number of hydrogen-bond acceptors (Lipinski definition) is 4. The molecule has 7 heteroatoms. The number of likely N-dealkylation sites (N-methyl/N-ethyl adjacent to an activating group) is 1. The van der Waals surface area contributed by atoms with Crippen molar-refractivity contribution in [2.24, 2.45) is 46.3 Å². The highest BCUT2D eigenvalue weighted by atomic mass is 31.2. The molecule has 0 amide bonds. The van der Waals surface area contributed by atoms with Crippen LogP contribution in [0.1, 0.15) is 105 Å². The van der Waals surface area contributed by atoms with Gasteiger partial charge in [0, 0.05) is 0 Å². The van der Waals surface area contributed by atoms with E-state index in [1.807, 2.05) is 21.1 Å². The average Bonchev–Trinajstić information content (AvgIpc) is 3.15. The Morgan fingerprint density at radius 1 is 1.08 bits per heavy atom. The molecular formula is C32H60NO5P. The molecule has 4 aliphatic rings. The molecular weight excluding hydrogens is 509 g/mol. The fourth-order valence-electron chi connectivity index (χ4n) is 9.10. The zero-order valence-corrected chi connectivity index (χ0v) is 27.2. The lowest BCUT2D eigenvalue weighted by Crippen LogP contribution is -2.50. The average molecular weight is 570 g/mol. The third kappa shape index (κ3) is 8.42. The van der Waals surface area contributed by atoms with Gasteiger partial charge in [-0.05, 0) is 97.7 Å². The molecule has 4 aliphatic carbocycles. The van der Waals surface area contributed by atoms with Gasteiger partial charge < -0.3 is 23.9 Å². The molecule has 0 heterocycles. The highest BCUT2D eigenvalue weighted by molar-refractivity contribution is 7.44. The second kappa shape index (κ2) is 13.0. The Hall–Kier alpha value is -0.230. The predicted octanol–water partition coefficient (Wildman–Crippen LogP) is 6.56. The molecule has 0 aromatic heterocycles. The molecule has 39 heavy (non-hydrogen) atoms. The van der Waals surface area contributed by atoms with Crippen LogP contribution in [-0.2, 0) is 9.09 Å². The summed E-state index contributed by atoms with van der Waals surface area (Å²) in [5.74, 6) is 5.46. The standard InChI is InChI=1S/C27H46O.C5H14NO4P/c1-18(2)7-6-8-19(3)23-11-12-24-22-10-9-20-17-21(28)13-15-26(20,4)25(22)14-16-27(23,24)5;1-6(2,3)4-5-10-11(7,8)9/h9,18-19,21-25,28H,6-8,10-17H2,1-5H3;4-5H2,1-3H3,(H-,7,8,9)/t19-,21+,22+,23-,24+,25+,26+,27-;/m1./s1. The minimum absolute atomic E-state index is 0.0147. The Labute approximate surface area is 239 Å². The minimum atomic E-state index is -4.51. The van der Waals surface area contributed by atoms with Gasteiger partial charge in [0.25, 0.3) is 7.82 Å². The van der Waals surface area contributed by atoms with E-state index < -0.39 is 7.82 Å². The summed E-state index contributed by atoms with van der Waals surface area (Å²) in [6, 6.07) is 0. The highest BCUT2D eigenvalue weighted by Crippen LogP contribution is 2.67. The molecule has 3 saturated carbocycles. The van der Waals surface area contributed by atoms with Crippen LogP contribution in [-0.4, -0.2) is 54.9 Å². The van der Waals surface area contributed by atoms with Crippen molar-refractivity contribution in [1.82, 2.24) is 0 Å². The third-order valence-corrected chi connectivity index (χ3v) is 11.8. The first kappa shape index (κ1) is 33.3. The summed E-state index contributed by atoms with van der Waals surface area (Å²) < 4.78 is 14.8. The maximum absolute atomic E-state index is 10.2. The van der Waals surface area contributed by atoms with Crippen molar-refractivity contribution in [1.29, 1.82) is 0 Å². The van der Waals surface area contributed by atoms with Crippen molar-refractivity contribution in [2.45, 2.75) is 111 Å². The van der Waals surface area contributed by atoms with Gasteiger partial charge in [0.1, 0.15) is 13.2 Å². The Kier molecular flexibility index (Phi) is 11.1. The van der Waals surface area contributed by atoms with Gasteiger partial charge in [-0.25, -0.2) is 0 Å². The highest BCUT2D eigenvalue weighted by Gasteiger charge is 2.59. The Balaban J connectivity index is 0.000000325. The molecule has 0 bridgehead atoms. The first-order valence-corrected chi connectivity index (χ1v) is 17.3. The SMILES string of the molecule is CC(C)CCC[C@@H](C)[C@H]1CC[C@H]2[C@@H]3CC=C4C[C@@H](O)CC[C@]4(C)[C@H]3CC[C@]12C.C[N+](C)(C)CCOP(=O)([O-])O. The second-order valence-electron chi connectivity index (χ2n) is 15.5. The van der Waals surface area contributed by atoms with Gasteiger partial charge in [-0.1, -0.05) is 65.5 Å². The van der Waals surface area contributed by atoms with Crippen molar-refractivity contribution in [2.75, 3.05) is 34.3 Å². The molecule has 9 atom stereocenters. The van der Waals surface area contributed by atoms with Crippen LogP contribution in [0.5, 0.6) is 0 Å². The topological polar surface area (TPSA) is 89.8 Å². The fourth-order valence-corrected chi connectivity index (χ4v) is 9.41. The summed E-state index contributed by atoms with van der Waals surface area (Å²) in [4.78, 5) is 18.3. The number of rotatable bonds is 9. The predicted molar refractivity (Wildman–Crippen MR) is 158 cm³/mol. The number of quaternary nitrogens is 1. The number of phosphoric acid groups is 1. The van der Waals surface area contributed by atoms with E-state index in [-0.39, 0.29) is 12.7 Å². The van der Waals surface area contributed by atoms with E-state index in [1.54, 1.807) is 5.57 Å². The van der Waals surface area contributed by atoms with Crippen LogP contribution in [0, 0.1) is 46.3 Å². The van der Waals surface area contributed by atoms with E-state index in [9.17, 15) is 14.6 Å². The summed E-state index contributed by atoms with van der Waals surface area (Å²) in [5, 5.41) is 10.2. The number of fused-ring (bicyclic) bond motifs is 5. The minimum Gasteiger partial charge on any atom is -0.756 e. The van der Waals surface area contributed by atoms with Crippen molar-refractivity contribution < 1.29 is 28.5 Å². The lowest BCUT2D eigenvalue weighted by Gasteiger charge is -2.58. The molecule has 228 valence electrons. The summed E-state index contributed by atoms with van der Waals surface area (Å²) in [6.45, 7) is 13.1. The number of allylic oxidation sites excluding steroid dienone is 1. The van der Waals surface area contributed by atoms with E-state index in [1.165, 1.54) is 57.8 Å². The number of hydrogen-bond donors (Lipinski definition) is 2. The van der Waals surface area contributed by atoms with Gasteiger partial charge in [0.2, 0.25) is 0 Å². The summed E-state index contributed by atoms with van der Waals surface area (Å²) in [7, 11) is 1.19. The van der Waals surface area contributed by atoms with E-state index >= 15 is 0 Å². The number of nitrogens with zero attached hydrogens (tertiary/aromatic N) is 1. The maximum Gasteiger partial charge on any atom is 0.265 e. The normalized spacial score (nSPS) is 38.5. The molecule has 0 aromatic rings. The molecule has 6 nitrogen and oxygen atoms in total. The summed E-state index contributed by atoms with van der Waals surface area (Å²) >= 11 is 0. The maximum atomic E-state index is 10.2. The second-order valence-corrected chi connectivity index (χ2v) is 16.7. The van der Waals surface area contributed by atoms with Crippen molar-refractivity contribution >= 4 is 7.82 Å². The molecule has 1 unspecified atom stereocenters. The van der Waals surface area contributed by atoms with Crippen LogP contribution in [0.3, 0.4) is 0 Å². The quantitative estimate of drug-likeness (QED) is 0.187. The van der Waals surface area contributed by atoms with Crippen LogP contribution in [0.25, 0.3) is 0 Å². The lowest BCUT2D eigenvalue weighted by atomic mass is 9.47. The van der Waals surface area contributed by atoms with Gasteiger partial charge in [0.15, 0.2) is 0 Å². The molecule has 0 radical (unpaired) electrons. The molecule has 0 aliphatic heterocycles. The van der Waals surface area contributed by atoms with E-state index in [4.69, 9.17) is 4.89 Å². The number of aliphatic hydroxyl groups is 1. The molecule has 3 fully saturated rings. The molecule has 0 spiro atoms. The zero-order valence-electron chi connectivity index (χ0n) is 26.3. The van der Waals surface area contributed by atoms with Gasteiger partial charge in [-0.2, -0.15) is 0 Å². The van der Waals surface area contributed by atoms with Gasteiger partial charge in [-0.15, -0.1) is 0 Å². The largest absolute Gasteiger partial charge is 0.756 e. The van der Waals surface area contributed by atoms with Crippen LogP contribution in [0.4, 0.5) is 0 Å². The molecule has 0 aromatic carbocycles. The number of phosphoric ester groups is 1. The van der Waals surface area contributed by atoms with Gasteiger partial charge in [0.05, 0.1) is 27.2 Å². The van der Waals surface area contributed by atoms with Gasteiger partial charge in [-0.3, -0.25) is 4.57 Å². The lowest BCUT2D eigenvalue weighted by molar-refractivity contribution is -0.870. The van der Waals surface area contributed by atoms with Crippen molar-refractivity contribution in [3.8, 4) is 0 Å². The van der Waals surface area contributed by atoms with Crippen LogP contribution >= 0.6 is 7.82 Å². The summed E-state index contributed by atoms with van der Waals surface area (Å²) in [6.07, 6.45) is 17.2. The Bertz CT molecular complexity index is 878. The number of aliphatic hydroxyl groups excluding tert-OH is 1. The smallest absolute Gasteiger partial charge is 0.265 e. The van der Waals surface area contributed by atoms with Crippen LogP contribution in [0.15, 0.2) is 11.6 Å². The molecule has 2 N–H and O–H groups in total. The van der Waals surface area contributed by atoms with Crippen LogP contribution in [0.2, 0.25) is 0 Å². The zero-order chi connectivity index (χ0) is 29.2. The van der Waals surface area contributed by atoms with E-state index in [2.05, 4.69) is 45.2 Å². The first-order valence-electron chi connectivity index (χ1n) is 15.8. The molecule has 4 rings (SSSR count). The van der Waals surface area contributed by atoms with Crippen molar-refractivity contribution in [3.05, 3.63) is 11.6 Å². The first-order chi connectivity index (χ1) is 18.0. The third-order valence-electron chi connectivity index (χ3n) is 11.3. The fraction of sp³-hybridized carbons (Fsp3) is 0.938. The van der Waals surface area contributed by atoms with Crippen LogP contribution < -0.4 is 4.89 Å². The molecule has 0 saturated heterocycles. The summed E-state index contributed by atoms with van der Waals surface area (Å²) in [5.41, 5.74) is 2.60. The van der Waals surface area contributed by atoms with E-state index in [0.29, 0.717) is 21.9 Å². The monoisotopic (exact) mass is 569 g/mol. The Morgan fingerprint density at radius 3 is 2.38 bits per heavy atom.